The van der Waals surface area contributed by atoms with Crippen LogP contribution in [0.1, 0.15) is 65.3 Å². The Kier molecular flexibility index (Phi) is 8.86. The van der Waals surface area contributed by atoms with Gasteiger partial charge in [0.05, 0.1) is 6.04 Å². The second kappa shape index (κ2) is 12.0. The lowest BCUT2D eigenvalue weighted by Crippen LogP contribution is -2.30. The molecule has 3 aromatic carbocycles. The lowest BCUT2D eigenvalue weighted by molar-refractivity contribution is -0.136. The highest BCUT2D eigenvalue weighted by Gasteiger charge is 2.21. The van der Waals surface area contributed by atoms with Crippen molar-refractivity contribution in [2.24, 2.45) is 5.92 Å². The van der Waals surface area contributed by atoms with Gasteiger partial charge in [0, 0.05) is 12.0 Å². The van der Waals surface area contributed by atoms with Gasteiger partial charge < -0.3 is 15.2 Å². The van der Waals surface area contributed by atoms with Crippen molar-refractivity contribution < 1.29 is 19.4 Å². The van der Waals surface area contributed by atoms with E-state index in [0.717, 1.165) is 34.4 Å². The maximum absolute atomic E-state index is 13.5. The van der Waals surface area contributed by atoms with E-state index in [9.17, 15) is 14.7 Å². The number of aryl methyl sites for hydroxylation is 2. The molecule has 0 fully saturated rings. The van der Waals surface area contributed by atoms with Crippen LogP contribution in [0.2, 0.25) is 0 Å². The molecule has 0 saturated carbocycles. The number of carboxylic acids is 1. The van der Waals surface area contributed by atoms with Crippen LogP contribution in [0.15, 0.2) is 72.8 Å². The number of hydrogen-bond donors (Lipinski definition) is 2. The summed E-state index contributed by atoms with van der Waals surface area (Å²) in [5.74, 6) is 0.0621. The van der Waals surface area contributed by atoms with Gasteiger partial charge in [0.15, 0.2) is 0 Å². The molecule has 1 unspecified atom stereocenters. The largest absolute Gasteiger partial charge is 0.489 e. The monoisotopic (exact) mass is 459 g/mol. The maximum atomic E-state index is 13.5. The van der Waals surface area contributed by atoms with Gasteiger partial charge in [0.2, 0.25) is 0 Å². The number of hydrogen-bond acceptors (Lipinski definition) is 3. The number of para-hydroxylation sites is 1. The number of ether oxygens (including phenoxy) is 1. The summed E-state index contributed by atoms with van der Waals surface area (Å²) in [7, 11) is 0. The molecule has 0 aliphatic carbocycles. The molecule has 2 N–H and O–H groups in total. The Bertz CT molecular complexity index is 1090. The van der Waals surface area contributed by atoms with E-state index < -0.39 is 5.97 Å². The molecule has 34 heavy (non-hydrogen) atoms. The SMILES string of the molecule is Cc1cc(CCC(=O)O)c(C(=O)NC(CC(C)C)c2ccccc2)cc1COc1ccccc1. The third-order valence-electron chi connectivity index (χ3n) is 5.77. The van der Waals surface area contributed by atoms with Gasteiger partial charge in [-0.25, -0.2) is 0 Å². The van der Waals surface area contributed by atoms with E-state index in [4.69, 9.17) is 4.74 Å². The van der Waals surface area contributed by atoms with Crippen LogP contribution in [0.25, 0.3) is 0 Å². The Hall–Kier alpha value is -3.60. The minimum Gasteiger partial charge on any atom is -0.489 e. The summed E-state index contributed by atoms with van der Waals surface area (Å²) < 4.78 is 5.92. The van der Waals surface area contributed by atoms with Crippen LogP contribution in [0.3, 0.4) is 0 Å². The third kappa shape index (κ3) is 7.20. The van der Waals surface area contributed by atoms with Gasteiger partial charge in [0.25, 0.3) is 5.91 Å². The fourth-order valence-electron chi connectivity index (χ4n) is 3.98. The Morgan fingerprint density at radius 1 is 0.941 bits per heavy atom. The molecule has 3 rings (SSSR count). The van der Waals surface area contributed by atoms with Crippen molar-refractivity contribution in [3.05, 3.63) is 101 Å². The molecule has 1 atom stereocenters. The number of amides is 1. The Labute approximate surface area is 201 Å². The first-order chi connectivity index (χ1) is 16.3. The summed E-state index contributed by atoms with van der Waals surface area (Å²) in [4.78, 5) is 24.7. The van der Waals surface area contributed by atoms with Crippen LogP contribution >= 0.6 is 0 Å². The first kappa shape index (κ1) is 25.0. The average molecular weight is 460 g/mol. The fourth-order valence-corrected chi connectivity index (χ4v) is 3.98. The molecular weight excluding hydrogens is 426 g/mol. The zero-order valence-corrected chi connectivity index (χ0v) is 20.1. The maximum Gasteiger partial charge on any atom is 0.303 e. The number of aliphatic carboxylic acids is 1. The number of carbonyl (C=O) groups excluding carboxylic acids is 1. The van der Waals surface area contributed by atoms with E-state index in [1.54, 1.807) is 0 Å². The zero-order chi connectivity index (χ0) is 24.5. The normalized spacial score (nSPS) is 11.8. The molecule has 0 radical (unpaired) electrons. The van der Waals surface area contributed by atoms with Crippen molar-refractivity contribution in [3.8, 4) is 5.75 Å². The smallest absolute Gasteiger partial charge is 0.303 e. The van der Waals surface area contributed by atoms with Gasteiger partial charge in [-0.15, -0.1) is 0 Å². The van der Waals surface area contributed by atoms with Crippen molar-refractivity contribution in [2.75, 3.05) is 0 Å². The summed E-state index contributed by atoms with van der Waals surface area (Å²) in [6.45, 7) is 6.54. The molecule has 3 aromatic rings. The highest BCUT2D eigenvalue weighted by atomic mass is 16.5. The zero-order valence-electron chi connectivity index (χ0n) is 20.1. The average Bonchev–Trinajstić information content (AvgIpc) is 2.82. The summed E-state index contributed by atoms with van der Waals surface area (Å²) in [5.41, 5.74) is 4.15. The number of carboxylic acid groups (broad SMARTS) is 1. The quantitative estimate of drug-likeness (QED) is 0.363. The van der Waals surface area contributed by atoms with Gasteiger partial charge >= 0.3 is 5.97 Å². The molecule has 0 bridgehead atoms. The van der Waals surface area contributed by atoms with E-state index in [1.807, 2.05) is 79.7 Å². The van der Waals surface area contributed by atoms with E-state index >= 15 is 0 Å². The molecule has 0 aromatic heterocycles. The van der Waals surface area contributed by atoms with Gasteiger partial charge in [0.1, 0.15) is 12.4 Å². The van der Waals surface area contributed by atoms with Crippen LogP contribution in [0, 0.1) is 12.8 Å². The summed E-state index contributed by atoms with van der Waals surface area (Å²) in [6.07, 6.45) is 1.06. The van der Waals surface area contributed by atoms with E-state index in [-0.39, 0.29) is 18.4 Å². The molecule has 5 nitrogen and oxygen atoms in total. The summed E-state index contributed by atoms with van der Waals surface area (Å²) >= 11 is 0. The molecule has 0 spiro atoms. The molecule has 0 aliphatic rings. The van der Waals surface area contributed by atoms with Gasteiger partial charge in [-0.1, -0.05) is 68.4 Å². The van der Waals surface area contributed by atoms with Gasteiger partial charge in [-0.3, -0.25) is 9.59 Å². The number of carbonyl (C=O) groups is 2. The molecule has 178 valence electrons. The van der Waals surface area contributed by atoms with Gasteiger partial charge in [-0.05, 0) is 66.1 Å². The van der Waals surface area contributed by atoms with Crippen molar-refractivity contribution in [1.29, 1.82) is 0 Å². The molecule has 0 heterocycles. The van der Waals surface area contributed by atoms with Crippen molar-refractivity contribution >= 4 is 11.9 Å². The molecule has 0 aliphatic heterocycles. The molecular formula is C29H33NO4. The number of benzene rings is 3. The van der Waals surface area contributed by atoms with Gasteiger partial charge in [-0.2, -0.15) is 0 Å². The summed E-state index contributed by atoms with van der Waals surface area (Å²) in [5, 5.41) is 12.4. The van der Waals surface area contributed by atoms with Crippen LogP contribution in [-0.2, 0) is 17.8 Å². The van der Waals surface area contributed by atoms with Crippen LogP contribution in [0.5, 0.6) is 5.75 Å². The first-order valence-corrected chi connectivity index (χ1v) is 11.7. The second-order valence-electron chi connectivity index (χ2n) is 9.00. The number of nitrogens with one attached hydrogen (secondary N) is 1. The number of rotatable bonds is 11. The second-order valence-corrected chi connectivity index (χ2v) is 9.00. The van der Waals surface area contributed by atoms with Crippen molar-refractivity contribution in [2.45, 2.75) is 52.7 Å². The topological polar surface area (TPSA) is 75.6 Å². The predicted octanol–water partition coefficient (Wildman–Crippen LogP) is 6.11. The minimum absolute atomic E-state index is 0.0340. The van der Waals surface area contributed by atoms with Crippen molar-refractivity contribution in [1.82, 2.24) is 5.32 Å². The standard InChI is InChI=1S/C29H33NO4/c1-20(2)16-27(22-10-6-4-7-11-22)30-29(33)26-18-24(19-34-25-12-8-5-9-13-25)21(3)17-23(26)14-15-28(31)32/h4-13,17-18,20,27H,14-16,19H2,1-3H3,(H,30,33)(H,31,32). The summed E-state index contributed by atoms with van der Waals surface area (Å²) in [6, 6.07) is 23.1. The Morgan fingerprint density at radius 2 is 1.59 bits per heavy atom. The van der Waals surface area contributed by atoms with Crippen LogP contribution < -0.4 is 10.1 Å². The van der Waals surface area contributed by atoms with E-state index in [1.165, 1.54) is 0 Å². The van der Waals surface area contributed by atoms with Crippen molar-refractivity contribution in [3.63, 3.8) is 0 Å². The first-order valence-electron chi connectivity index (χ1n) is 11.7. The van der Waals surface area contributed by atoms with E-state index in [2.05, 4.69) is 19.2 Å². The van der Waals surface area contributed by atoms with Crippen LogP contribution in [0.4, 0.5) is 0 Å². The third-order valence-corrected chi connectivity index (χ3v) is 5.77. The van der Waals surface area contributed by atoms with Crippen LogP contribution in [-0.4, -0.2) is 17.0 Å². The molecule has 5 heteroatoms. The lowest BCUT2D eigenvalue weighted by Gasteiger charge is -2.23. The highest BCUT2D eigenvalue weighted by molar-refractivity contribution is 5.96. The van der Waals surface area contributed by atoms with E-state index in [0.29, 0.717) is 24.5 Å². The minimum atomic E-state index is -0.887. The fraction of sp³-hybridized carbons (Fsp3) is 0.310. The Balaban J connectivity index is 1.89. The highest BCUT2D eigenvalue weighted by Crippen LogP contribution is 2.25. The molecule has 1 amide bonds. The Morgan fingerprint density at radius 3 is 2.21 bits per heavy atom. The molecule has 0 saturated heterocycles. The lowest BCUT2D eigenvalue weighted by atomic mass is 9.94. The predicted molar refractivity (Wildman–Crippen MR) is 134 cm³/mol.